The van der Waals surface area contributed by atoms with Crippen molar-refractivity contribution < 1.29 is 14.6 Å². The number of ether oxygens (including phenoxy) is 1. The van der Waals surface area contributed by atoms with Crippen molar-refractivity contribution in [2.45, 2.75) is 63.2 Å². The van der Waals surface area contributed by atoms with Crippen LogP contribution < -0.4 is 5.32 Å². The Labute approximate surface area is 154 Å². The van der Waals surface area contributed by atoms with E-state index in [9.17, 15) is 9.90 Å². The predicted molar refractivity (Wildman–Crippen MR) is 99.0 cm³/mol. The van der Waals surface area contributed by atoms with E-state index in [0.29, 0.717) is 11.6 Å². The van der Waals surface area contributed by atoms with E-state index < -0.39 is 17.6 Å². The van der Waals surface area contributed by atoms with Crippen LogP contribution in [0.15, 0.2) is 24.8 Å². The minimum absolute atomic E-state index is 0.0912. The molecule has 1 aliphatic carbocycles. The van der Waals surface area contributed by atoms with Crippen molar-refractivity contribution in [2.75, 3.05) is 6.61 Å². The molecule has 1 aromatic carbocycles. The molecule has 1 heterocycles. The van der Waals surface area contributed by atoms with Crippen LogP contribution in [0.5, 0.6) is 0 Å². The van der Waals surface area contributed by atoms with Gasteiger partial charge in [-0.15, -0.1) is 6.58 Å². The monoisotopic (exact) mass is 363 g/mol. The average molecular weight is 364 g/mol. The molecule has 2 N–H and O–H groups in total. The van der Waals surface area contributed by atoms with Gasteiger partial charge in [0.2, 0.25) is 5.91 Å². The molecule has 4 nitrogen and oxygen atoms in total. The lowest BCUT2D eigenvalue weighted by atomic mass is 9.74. The van der Waals surface area contributed by atoms with Gasteiger partial charge < -0.3 is 15.2 Å². The summed E-state index contributed by atoms with van der Waals surface area (Å²) in [5.74, 6) is -0.630. The number of carbonyl (C=O) groups excluding carboxylic acids is 1. The number of amides is 1. The molecule has 1 saturated carbocycles. The van der Waals surface area contributed by atoms with Gasteiger partial charge in [-0.3, -0.25) is 4.79 Å². The fourth-order valence-electron chi connectivity index (χ4n) is 4.46. The number of benzene rings is 1. The smallest absolute Gasteiger partial charge is 0.230 e. The van der Waals surface area contributed by atoms with Crippen LogP contribution in [0.25, 0.3) is 0 Å². The minimum Gasteiger partial charge on any atom is -0.389 e. The van der Waals surface area contributed by atoms with E-state index in [-0.39, 0.29) is 12.0 Å². The van der Waals surface area contributed by atoms with Crippen molar-refractivity contribution in [3.8, 4) is 0 Å². The lowest BCUT2D eigenvalue weighted by Gasteiger charge is -2.39. The molecule has 1 aliphatic heterocycles. The second-order valence-electron chi connectivity index (χ2n) is 7.34. The highest BCUT2D eigenvalue weighted by Gasteiger charge is 2.54. The van der Waals surface area contributed by atoms with Crippen LogP contribution in [0.2, 0.25) is 5.02 Å². The zero-order valence-corrected chi connectivity index (χ0v) is 15.6. The second kappa shape index (κ2) is 7.10. The van der Waals surface area contributed by atoms with Crippen molar-refractivity contribution in [1.82, 2.24) is 5.32 Å². The third-order valence-electron chi connectivity index (χ3n) is 5.68. The van der Waals surface area contributed by atoms with Gasteiger partial charge in [-0.25, -0.2) is 0 Å². The van der Waals surface area contributed by atoms with Gasteiger partial charge in [0.15, 0.2) is 0 Å². The summed E-state index contributed by atoms with van der Waals surface area (Å²) in [6.45, 7) is 8.10. The fourth-order valence-corrected chi connectivity index (χ4v) is 4.79. The highest BCUT2D eigenvalue weighted by molar-refractivity contribution is 6.30. The number of aliphatic hydroxyl groups is 1. The van der Waals surface area contributed by atoms with E-state index in [1.54, 1.807) is 6.08 Å². The Hall–Kier alpha value is -1.36. The number of aliphatic hydroxyl groups excluding tert-OH is 1. The van der Waals surface area contributed by atoms with Crippen LogP contribution in [0.4, 0.5) is 0 Å². The Morgan fingerprint density at radius 1 is 1.36 bits per heavy atom. The van der Waals surface area contributed by atoms with Gasteiger partial charge in [0.25, 0.3) is 0 Å². The SMILES string of the molecule is C=CCOC1CCC2(CC1)NC(=O)C(c1c(C)cc(Cl)cc1C)C2O. The van der Waals surface area contributed by atoms with Crippen LogP contribution in [-0.2, 0) is 9.53 Å². The molecule has 1 saturated heterocycles. The maximum Gasteiger partial charge on any atom is 0.230 e. The van der Waals surface area contributed by atoms with Gasteiger partial charge in [-0.1, -0.05) is 17.7 Å². The second-order valence-corrected chi connectivity index (χ2v) is 7.78. The minimum atomic E-state index is -0.737. The third-order valence-corrected chi connectivity index (χ3v) is 5.90. The topological polar surface area (TPSA) is 58.6 Å². The Kier molecular flexibility index (Phi) is 5.24. The van der Waals surface area contributed by atoms with E-state index in [1.807, 2.05) is 26.0 Å². The molecule has 25 heavy (non-hydrogen) atoms. The summed E-state index contributed by atoms with van der Waals surface area (Å²) in [6, 6.07) is 3.71. The first-order valence-corrected chi connectivity index (χ1v) is 9.25. The molecule has 3 rings (SSSR count). The first kappa shape index (κ1) is 18.4. The Balaban J connectivity index is 1.82. The molecule has 0 bridgehead atoms. The number of hydrogen-bond acceptors (Lipinski definition) is 3. The van der Waals surface area contributed by atoms with Gasteiger partial charge in [0, 0.05) is 5.02 Å². The summed E-state index contributed by atoms with van der Waals surface area (Å²) in [6.07, 6.45) is 4.30. The first-order chi connectivity index (χ1) is 11.9. The fraction of sp³-hybridized carbons (Fsp3) is 0.550. The highest BCUT2D eigenvalue weighted by atomic mass is 35.5. The molecular weight excluding hydrogens is 338 g/mol. The van der Waals surface area contributed by atoms with Crippen LogP contribution >= 0.6 is 11.6 Å². The standard InChI is InChI=1S/C20H26ClNO3/c1-4-9-25-15-5-7-20(8-6-15)18(23)17(19(24)22-20)16-12(2)10-14(21)11-13(16)3/h4,10-11,15,17-18,23H,1,5-9H2,2-3H3,(H,22,24). The maximum absolute atomic E-state index is 12.8. The molecule has 2 aliphatic rings. The number of aryl methyl sites for hydroxylation is 2. The number of nitrogens with one attached hydrogen (secondary N) is 1. The molecular formula is C20H26ClNO3. The summed E-state index contributed by atoms with van der Waals surface area (Å²) >= 11 is 6.12. The lowest BCUT2D eigenvalue weighted by Crippen LogP contribution is -2.52. The number of rotatable bonds is 4. The predicted octanol–water partition coefficient (Wildman–Crippen LogP) is 3.42. The quantitative estimate of drug-likeness (QED) is 0.806. The number of carbonyl (C=O) groups is 1. The number of hydrogen-bond donors (Lipinski definition) is 2. The summed E-state index contributed by atoms with van der Waals surface area (Å²) in [7, 11) is 0. The molecule has 5 heteroatoms. The van der Waals surface area contributed by atoms with E-state index in [2.05, 4.69) is 11.9 Å². The summed E-state index contributed by atoms with van der Waals surface area (Å²) in [4.78, 5) is 12.8. The Bertz CT molecular complexity index is 657. The van der Waals surface area contributed by atoms with E-state index >= 15 is 0 Å². The molecule has 136 valence electrons. The van der Waals surface area contributed by atoms with Gasteiger partial charge in [-0.2, -0.15) is 0 Å². The van der Waals surface area contributed by atoms with Gasteiger partial charge in [0.05, 0.1) is 30.3 Å². The highest BCUT2D eigenvalue weighted by Crippen LogP contribution is 2.44. The van der Waals surface area contributed by atoms with Gasteiger partial charge >= 0.3 is 0 Å². The largest absolute Gasteiger partial charge is 0.389 e. The van der Waals surface area contributed by atoms with Crippen molar-refractivity contribution in [3.63, 3.8) is 0 Å². The molecule has 2 unspecified atom stereocenters. The number of halogens is 1. The van der Waals surface area contributed by atoms with Crippen molar-refractivity contribution >= 4 is 17.5 Å². The molecule has 2 atom stereocenters. The molecule has 1 amide bonds. The third kappa shape index (κ3) is 3.35. The van der Waals surface area contributed by atoms with Crippen LogP contribution in [0, 0.1) is 13.8 Å². The zero-order chi connectivity index (χ0) is 18.2. The molecule has 2 fully saturated rings. The van der Waals surface area contributed by atoms with E-state index in [4.69, 9.17) is 16.3 Å². The first-order valence-electron chi connectivity index (χ1n) is 8.87. The Morgan fingerprint density at radius 3 is 2.52 bits per heavy atom. The zero-order valence-electron chi connectivity index (χ0n) is 14.8. The van der Waals surface area contributed by atoms with Crippen molar-refractivity contribution in [3.05, 3.63) is 46.5 Å². The van der Waals surface area contributed by atoms with E-state index in [0.717, 1.165) is 42.4 Å². The summed E-state index contributed by atoms with van der Waals surface area (Å²) < 4.78 is 5.73. The average Bonchev–Trinajstić information content (AvgIpc) is 2.78. The molecule has 1 aromatic rings. The van der Waals surface area contributed by atoms with Crippen LogP contribution in [0.3, 0.4) is 0 Å². The van der Waals surface area contributed by atoms with Gasteiger partial charge in [0.1, 0.15) is 0 Å². The normalized spacial score (nSPS) is 32.0. The molecule has 0 aromatic heterocycles. The lowest BCUT2D eigenvalue weighted by molar-refractivity contribution is -0.121. The van der Waals surface area contributed by atoms with Crippen molar-refractivity contribution in [2.24, 2.45) is 0 Å². The molecule has 1 spiro atoms. The Morgan fingerprint density at radius 2 is 1.96 bits per heavy atom. The van der Waals surface area contributed by atoms with Crippen LogP contribution in [-0.4, -0.2) is 35.4 Å². The summed E-state index contributed by atoms with van der Waals surface area (Å²) in [5.41, 5.74) is 2.25. The van der Waals surface area contributed by atoms with Crippen LogP contribution in [0.1, 0.15) is 48.3 Å². The molecule has 0 radical (unpaired) electrons. The van der Waals surface area contributed by atoms with Crippen molar-refractivity contribution in [1.29, 1.82) is 0 Å². The van der Waals surface area contributed by atoms with E-state index in [1.165, 1.54) is 0 Å². The maximum atomic E-state index is 12.8. The summed E-state index contributed by atoms with van der Waals surface area (Å²) in [5, 5.41) is 14.9. The van der Waals surface area contributed by atoms with Gasteiger partial charge in [-0.05, 0) is 68.4 Å².